The summed E-state index contributed by atoms with van der Waals surface area (Å²) in [4.78, 5) is 0. The summed E-state index contributed by atoms with van der Waals surface area (Å²) in [7, 11) is 3.44. The SMILES string of the molecule is CCCNC1CCCCC(c2cc(OC)cc(OC)c2)C1. The summed E-state index contributed by atoms with van der Waals surface area (Å²) in [5.74, 6) is 2.39. The Hall–Kier alpha value is -1.22. The van der Waals surface area contributed by atoms with Crippen LogP contribution in [0.5, 0.6) is 11.5 Å². The van der Waals surface area contributed by atoms with E-state index in [1.807, 2.05) is 6.07 Å². The zero-order valence-electron chi connectivity index (χ0n) is 13.7. The van der Waals surface area contributed by atoms with Crippen LogP contribution in [0.3, 0.4) is 0 Å². The van der Waals surface area contributed by atoms with E-state index in [0.29, 0.717) is 12.0 Å². The van der Waals surface area contributed by atoms with E-state index in [0.717, 1.165) is 18.0 Å². The van der Waals surface area contributed by atoms with Crippen LogP contribution in [0.25, 0.3) is 0 Å². The summed E-state index contributed by atoms with van der Waals surface area (Å²) in [5, 5.41) is 3.71. The van der Waals surface area contributed by atoms with Crippen LogP contribution >= 0.6 is 0 Å². The largest absolute Gasteiger partial charge is 0.497 e. The average Bonchev–Trinajstić information content (AvgIpc) is 2.78. The van der Waals surface area contributed by atoms with Crippen molar-refractivity contribution in [3.63, 3.8) is 0 Å². The van der Waals surface area contributed by atoms with Gasteiger partial charge in [-0.2, -0.15) is 0 Å². The fraction of sp³-hybridized carbons (Fsp3) is 0.667. The molecule has 2 unspecified atom stereocenters. The lowest BCUT2D eigenvalue weighted by molar-refractivity contribution is 0.390. The first-order valence-corrected chi connectivity index (χ1v) is 8.23. The minimum Gasteiger partial charge on any atom is -0.497 e. The topological polar surface area (TPSA) is 30.5 Å². The highest BCUT2D eigenvalue weighted by Gasteiger charge is 2.22. The summed E-state index contributed by atoms with van der Waals surface area (Å²) in [5.41, 5.74) is 1.36. The fourth-order valence-corrected chi connectivity index (χ4v) is 3.26. The highest BCUT2D eigenvalue weighted by atomic mass is 16.5. The molecule has 1 aromatic carbocycles. The molecular weight excluding hydrogens is 262 g/mol. The molecular formula is C18H29NO2. The van der Waals surface area contributed by atoms with Gasteiger partial charge < -0.3 is 14.8 Å². The van der Waals surface area contributed by atoms with Crippen molar-refractivity contribution in [2.24, 2.45) is 0 Å². The quantitative estimate of drug-likeness (QED) is 0.800. The number of ether oxygens (including phenoxy) is 2. The predicted molar refractivity (Wildman–Crippen MR) is 87.5 cm³/mol. The monoisotopic (exact) mass is 291 g/mol. The Morgan fingerprint density at radius 3 is 2.33 bits per heavy atom. The van der Waals surface area contributed by atoms with E-state index in [-0.39, 0.29) is 0 Å². The van der Waals surface area contributed by atoms with E-state index in [1.165, 1.54) is 44.1 Å². The van der Waals surface area contributed by atoms with Gasteiger partial charge >= 0.3 is 0 Å². The summed E-state index contributed by atoms with van der Waals surface area (Å²) in [6, 6.07) is 6.95. The van der Waals surface area contributed by atoms with Gasteiger partial charge in [0.05, 0.1) is 14.2 Å². The molecule has 1 fully saturated rings. The molecule has 2 rings (SSSR count). The molecule has 0 aliphatic heterocycles. The minimum absolute atomic E-state index is 0.603. The Morgan fingerprint density at radius 2 is 1.71 bits per heavy atom. The summed E-state index contributed by atoms with van der Waals surface area (Å²) < 4.78 is 10.8. The summed E-state index contributed by atoms with van der Waals surface area (Å²) in [6.45, 7) is 3.35. The second kappa shape index (κ2) is 8.28. The zero-order chi connectivity index (χ0) is 15.1. The average molecular weight is 291 g/mol. The number of methoxy groups -OCH3 is 2. The Balaban J connectivity index is 2.14. The van der Waals surface area contributed by atoms with Crippen molar-refractivity contribution in [3.8, 4) is 11.5 Å². The van der Waals surface area contributed by atoms with Crippen molar-refractivity contribution in [2.45, 2.75) is 57.4 Å². The van der Waals surface area contributed by atoms with Gasteiger partial charge in [0.15, 0.2) is 0 Å². The van der Waals surface area contributed by atoms with E-state index in [4.69, 9.17) is 9.47 Å². The van der Waals surface area contributed by atoms with Crippen molar-refractivity contribution in [1.29, 1.82) is 0 Å². The van der Waals surface area contributed by atoms with Crippen LogP contribution in [0.15, 0.2) is 18.2 Å². The normalized spacial score (nSPS) is 22.6. The first-order valence-electron chi connectivity index (χ1n) is 8.23. The van der Waals surface area contributed by atoms with E-state index in [1.54, 1.807) is 14.2 Å². The van der Waals surface area contributed by atoms with E-state index < -0.39 is 0 Å². The van der Waals surface area contributed by atoms with Gasteiger partial charge in [-0.3, -0.25) is 0 Å². The molecule has 0 bridgehead atoms. The maximum absolute atomic E-state index is 5.42. The number of hydrogen-bond acceptors (Lipinski definition) is 3. The van der Waals surface area contributed by atoms with Crippen LogP contribution in [-0.4, -0.2) is 26.8 Å². The van der Waals surface area contributed by atoms with E-state index in [9.17, 15) is 0 Å². The molecule has 3 nitrogen and oxygen atoms in total. The van der Waals surface area contributed by atoms with Gasteiger partial charge in [-0.05, 0) is 55.8 Å². The third kappa shape index (κ3) is 4.63. The minimum atomic E-state index is 0.603. The Bertz CT molecular complexity index is 411. The van der Waals surface area contributed by atoms with E-state index >= 15 is 0 Å². The lowest BCUT2D eigenvalue weighted by atomic mass is 9.90. The molecule has 1 N–H and O–H groups in total. The van der Waals surface area contributed by atoms with Gasteiger partial charge in [0.25, 0.3) is 0 Å². The number of benzene rings is 1. The van der Waals surface area contributed by atoms with Crippen LogP contribution in [0.4, 0.5) is 0 Å². The molecule has 1 saturated carbocycles. The second-order valence-corrected chi connectivity index (χ2v) is 6.01. The van der Waals surface area contributed by atoms with Gasteiger partial charge in [-0.15, -0.1) is 0 Å². The van der Waals surface area contributed by atoms with Gasteiger partial charge in [0.1, 0.15) is 11.5 Å². The molecule has 21 heavy (non-hydrogen) atoms. The molecule has 1 aliphatic rings. The molecule has 0 heterocycles. The highest BCUT2D eigenvalue weighted by molar-refractivity contribution is 5.40. The first kappa shape index (κ1) is 16.2. The van der Waals surface area contributed by atoms with Crippen LogP contribution in [-0.2, 0) is 0 Å². The molecule has 0 amide bonds. The number of rotatable bonds is 6. The molecule has 0 aromatic heterocycles. The van der Waals surface area contributed by atoms with Crippen LogP contribution in [0, 0.1) is 0 Å². The van der Waals surface area contributed by atoms with Crippen molar-refractivity contribution in [2.75, 3.05) is 20.8 Å². The predicted octanol–water partition coefficient (Wildman–Crippen LogP) is 4.12. The third-order valence-electron chi connectivity index (χ3n) is 4.45. The lowest BCUT2D eigenvalue weighted by Crippen LogP contribution is -2.30. The summed E-state index contributed by atoms with van der Waals surface area (Å²) in [6.07, 6.45) is 7.64. The number of nitrogens with one attached hydrogen (secondary N) is 1. The Kier molecular flexibility index (Phi) is 6.37. The molecule has 1 aliphatic carbocycles. The van der Waals surface area contributed by atoms with Gasteiger partial charge in [0.2, 0.25) is 0 Å². The van der Waals surface area contributed by atoms with Crippen LogP contribution in [0.2, 0.25) is 0 Å². The van der Waals surface area contributed by atoms with Crippen molar-refractivity contribution < 1.29 is 9.47 Å². The molecule has 118 valence electrons. The van der Waals surface area contributed by atoms with E-state index in [2.05, 4.69) is 24.4 Å². The standard InChI is InChI=1S/C18H29NO2/c1-4-9-19-16-8-6-5-7-14(10-16)15-11-17(20-2)13-18(12-15)21-3/h11-14,16,19H,4-10H2,1-3H3. The highest BCUT2D eigenvalue weighted by Crippen LogP contribution is 2.35. The van der Waals surface area contributed by atoms with Gasteiger partial charge in [-0.25, -0.2) is 0 Å². The smallest absolute Gasteiger partial charge is 0.122 e. The molecule has 0 spiro atoms. The summed E-state index contributed by atoms with van der Waals surface area (Å²) >= 11 is 0. The Labute approximate surface area is 129 Å². The maximum atomic E-state index is 5.42. The van der Waals surface area contributed by atoms with Gasteiger partial charge in [0, 0.05) is 12.1 Å². The molecule has 3 heteroatoms. The maximum Gasteiger partial charge on any atom is 0.122 e. The van der Waals surface area contributed by atoms with Crippen LogP contribution in [0.1, 0.15) is 56.9 Å². The van der Waals surface area contributed by atoms with Crippen LogP contribution < -0.4 is 14.8 Å². The van der Waals surface area contributed by atoms with Gasteiger partial charge in [-0.1, -0.05) is 19.8 Å². The molecule has 2 atom stereocenters. The second-order valence-electron chi connectivity index (χ2n) is 6.01. The lowest BCUT2D eigenvalue weighted by Gasteiger charge is -2.22. The first-order chi connectivity index (χ1) is 10.3. The van der Waals surface area contributed by atoms with Crippen molar-refractivity contribution >= 4 is 0 Å². The fourth-order valence-electron chi connectivity index (χ4n) is 3.26. The molecule has 0 saturated heterocycles. The van der Waals surface area contributed by atoms with Crippen molar-refractivity contribution in [3.05, 3.63) is 23.8 Å². The van der Waals surface area contributed by atoms with Crippen molar-refractivity contribution in [1.82, 2.24) is 5.32 Å². The molecule has 1 aromatic rings. The third-order valence-corrected chi connectivity index (χ3v) is 4.45. The number of hydrogen-bond donors (Lipinski definition) is 1. The zero-order valence-corrected chi connectivity index (χ0v) is 13.7. The molecule has 0 radical (unpaired) electrons. The Morgan fingerprint density at radius 1 is 1.05 bits per heavy atom.